The molecular weight excluding hydrogens is 174 g/mol. The first-order valence-electron chi connectivity index (χ1n) is 4.06. The number of aliphatic hydroxyl groups is 1. The topological polar surface area (TPSA) is 87.5 Å². The number of hydrogen-bond acceptors (Lipinski definition) is 4. The molecule has 0 spiro atoms. The maximum Gasteiger partial charge on any atom is 0.163 e. The molecule has 1 aliphatic rings. The van der Waals surface area contributed by atoms with E-state index in [1.807, 2.05) is 0 Å². The highest BCUT2D eigenvalue weighted by Gasteiger charge is 2.36. The highest BCUT2D eigenvalue weighted by Crippen LogP contribution is 2.24. The van der Waals surface area contributed by atoms with E-state index in [2.05, 4.69) is 10.0 Å². The Kier molecular flexibility index (Phi) is 3.11. The van der Waals surface area contributed by atoms with Gasteiger partial charge in [-0.3, -0.25) is 0 Å². The van der Waals surface area contributed by atoms with Crippen molar-refractivity contribution in [1.82, 2.24) is 0 Å². The van der Waals surface area contributed by atoms with Gasteiger partial charge in [-0.2, -0.15) is 0 Å². The van der Waals surface area contributed by atoms with Crippen molar-refractivity contribution in [3.8, 4) is 0 Å². The summed E-state index contributed by atoms with van der Waals surface area (Å²) < 4.78 is 10.6. The van der Waals surface area contributed by atoms with Crippen LogP contribution in [-0.2, 0) is 9.47 Å². The van der Waals surface area contributed by atoms with E-state index in [0.717, 1.165) is 0 Å². The largest absolute Gasteiger partial charge is 0.390 e. The zero-order valence-electron chi connectivity index (χ0n) is 7.67. The highest BCUT2D eigenvalue weighted by molar-refractivity contribution is 4.78. The first-order valence-corrected chi connectivity index (χ1v) is 4.06. The Labute approximate surface area is 76.1 Å². The molecule has 1 N–H and O–H groups in total. The Balaban J connectivity index is 2.41. The number of nitrogens with zero attached hydrogens (tertiary/aromatic N) is 3. The molecule has 0 aromatic carbocycles. The highest BCUT2D eigenvalue weighted by atomic mass is 16.7. The van der Waals surface area contributed by atoms with E-state index in [9.17, 15) is 5.11 Å². The minimum atomic E-state index is -0.794. The van der Waals surface area contributed by atoms with E-state index in [4.69, 9.17) is 15.0 Å². The molecule has 0 aromatic heterocycles. The zero-order chi connectivity index (χ0) is 9.90. The molecule has 6 heteroatoms. The van der Waals surface area contributed by atoms with Gasteiger partial charge in [0.15, 0.2) is 5.79 Å². The lowest BCUT2D eigenvalue weighted by atomic mass is 10.2. The third kappa shape index (κ3) is 2.86. The normalized spacial score (nSPS) is 28.1. The molecule has 74 valence electrons. The van der Waals surface area contributed by atoms with Crippen molar-refractivity contribution < 1.29 is 14.6 Å². The van der Waals surface area contributed by atoms with Crippen LogP contribution in [0.15, 0.2) is 5.11 Å². The minimum Gasteiger partial charge on any atom is -0.390 e. The van der Waals surface area contributed by atoms with Crippen molar-refractivity contribution in [2.75, 3.05) is 13.2 Å². The third-order valence-corrected chi connectivity index (χ3v) is 1.79. The first kappa shape index (κ1) is 10.3. The predicted octanol–water partition coefficient (Wildman–Crippen LogP) is 0.809. The van der Waals surface area contributed by atoms with Gasteiger partial charge in [0.1, 0.15) is 6.10 Å². The summed E-state index contributed by atoms with van der Waals surface area (Å²) in [6.07, 6.45) is -1.20. The Morgan fingerprint density at radius 3 is 2.92 bits per heavy atom. The fraction of sp³-hybridized carbons (Fsp3) is 1.00. The fourth-order valence-corrected chi connectivity index (χ4v) is 1.14. The lowest BCUT2D eigenvalue weighted by molar-refractivity contribution is -0.150. The van der Waals surface area contributed by atoms with Crippen LogP contribution in [0.2, 0.25) is 0 Å². The first-order chi connectivity index (χ1) is 6.05. The lowest BCUT2D eigenvalue weighted by Gasteiger charge is -2.19. The molecule has 13 heavy (non-hydrogen) atoms. The average Bonchev–Trinajstić information content (AvgIpc) is 2.42. The summed E-state index contributed by atoms with van der Waals surface area (Å²) in [4.78, 5) is 2.55. The average molecular weight is 187 g/mol. The number of aliphatic hydroxyl groups excluding tert-OH is 1. The number of azide groups is 1. The molecule has 1 unspecified atom stereocenters. The summed E-state index contributed by atoms with van der Waals surface area (Å²) in [5, 5.41) is 12.7. The van der Waals surface area contributed by atoms with Crippen molar-refractivity contribution in [3.05, 3.63) is 10.4 Å². The van der Waals surface area contributed by atoms with E-state index in [0.29, 0.717) is 6.61 Å². The molecule has 0 aromatic rings. The van der Waals surface area contributed by atoms with E-state index in [1.54, 1.807) is 13.8 Å². The van der Waals surface area contributed by atoms with Gasteiger partial charge in [0.25, 0.3) is 0 Å². The van der Waals surface area contributed by atoms with E-state index < -0.39 is 18.0 Å². The molecule has 0 saturated carbocycles. The van der Waals surface area contributed by atoms with Crippen LogP contribution < -0.4 is 0 Å². The molecule has 1 fully saturated rings. The van der Waals surface area contributed by atoms with E-state index >= 15 is 0 Å². The Bertz CT molecular complexity index is 225. The number of hydrogen-bond donors (Lipinski definition) is 1. The number of ether oxygens (including phenoxy) is 2. The Hall–Kier alpha value is -0.810. The molecule has 1 heterocycles. The zero-order valence-corrected chi connectivity index (χ0v) is 7.67. The van der Waals surface area contributed by atoms with Crippen LogP contribution in [0, 0.1) is 0 Å². The quantitative estimate of drug-likeness (QED) is 0.403. The molecule has 1 saturated heterocycles. The summed E-state index contributed by atoms with van der Waals surface area (Å²) in [5.74, 6) is -0.651. The van der Waals surface area contributed by atoms with Gasteiger partial charge in [-0.05, 0) is 19.4 Å². The molecule has 6 nitrogen and oxygen atoms in total. The van der Waals surface area contributed by atoms with Crippen molar-refractivity contribution in [2.45, 2.75) is 31.8 Å². The van der Waals surface area contributed by atoms with Gasteiger partial charge >= 0.3 is 0 Å². The van der Waals surface area contributed by atoms with Crippen LogP contribution in [0.1, 0.15) is 13.8 Å². The van der Waals surface area contributed by atoms with Crippen LogP contribution in [-0.4, -0.2) is 36.3 Å². The smallest absolute Gasteiger partial charge is 0.163 e. The van der Waals surface area contributed by atoms with Gasteiger partial charge in [-0.1, -0.05) is 5.11 Å². The van der Waals surface area contributed by atoms with Crippen LogP contribution in [0.3, 0.4) is 0 Å². The molecule has 2 atom stereocenters. The molecule has 0 aliphatic carbocycles. The third-order valence-electron chi connectivity index (χ3n) is 1.79. The summed E-state index contributed by atoms with van der Waals surface area (Å²) in [7, 11) is 0. The summed E-state index contributed by atoms with van der Waals surface area (Å²) in [6.45, 7) is 3.89. The van der Waals surface area contributed by atoms with Crippen LogP contribution >= 0.6 is 0 Å². The monoisotopic (exact) mass is 187 g/mol. The molecular formula is C7H13N3O3. The molecule has 0 amide bonds. The predicted molar refractivity (Wildman–Crippen MR) is 44.9 cm³/mol. The second-order valence-corrected chi connectivity index (χ2v) is 3.35. The van der Waals surface area contributed by atoms with Gasteiger partial charge in [0, 0.05) is 4.91 Å². The molecule has 0 radical (unpaired) electrons. The van der Waals surface area contributed by atoms with Gasteiger partial charge in [-0.25, -0.2) is 0 Å². The van der Waals surface area contributed by atoms with Gasteiger partial charge in [-0.15, -0.1) is 0 Å². The molecule has 1 aliphatic heterocycles. The van der Waals surface area contributed by atoms with Crippen molar-refractivity contribution in [2.24, 2.45) is 5.11 Å². The van der Waals surface area contributed by atoms with E-state index in [1.165, 1.54) is 0 Å². The van der Waals surface area contributed by atoms with E-state index in [-0.39, 0.29) is 6.54 Å². The van der Waals surface area contributed by atoms with Gasteiger partial charge in [0.05, 0.1) is 19.3 Å². The Morgan fingerprint density at radius 1 is 1.77 bits per heavy atom. The summed E-state index contributed by atoms with van der Waals surface area (Å²) >= 11 is 0. The standard InChI is InChI=1S/C7H13N3O3/c1-7(2)12-4-6(13-7)5(11)3-9-10-8/h5-6,11H,3-4H2,1-2H3/t5-,6?/m0/s1. The maximum atomic E-state index is 9.44. The summed E-state index contributed by atoms with van der Waals surface area (Å²) in [5.41, 5.74) is 8.04. The number of rotatable bonds is 3. The van der Waals surface area contributed by atoms with Crippen molar-refractivity contribution in [3.63, 3.8) is 0 Å². The van der Waals surface area contributed by atoms with Crippen molar-refractivity contribution in [1.29, 1.82) is 0 Å². The summed E-state index contributed by atoms with van der Waals surface area (Å²) in [6, 6.07) is 0. The fourth-order valence-electron chi connectivity index (χ4n) is 1.14. The van der Waals surface area contributed by atoms with Gasteiger partial charge in [0.2, 0.25) is 0 Å². The van der Waals surface area contributed by atoms with Crippen LogP contribution in [0.5, 0.6) is 0 Å². The second kappa shape index (κ2) is 3.93. The molecule has 1 rings (SSSR count). The molecule has 0 bridgehead atoms. The second-order valence-electron chi connectivity index (χ2n) is 3.35. The maximum absolute atomic E-state index is 9.44. The van der Waals surface area contributed by atoms with Crippen LogP contribution in [0.4, 0.5) is 0 Å². The lowest BCUT2D eigenvalue weighted by Crippen LogP contribution is -2.32. The Morgan fingerprint density at radius 2 is 2.46 bits per heavy atom. The minimum absolute atomic E-state index is 0.0145. The SMILES string of the molecule is CC1(C)OCC([C@@H](O)CN=[N+]=[N-])O1. The van der Waals surface area contributed by atoms with Crippen molar-refractivity contribution >= 4 is 0 Å². The van der Waals surface area contributed by atoms with Crippen LogP contribution in [0.25, 0.3) is 10.4 Å². The van der Waals surface area contributed by atoms with Gasteiger partial charge < -0.3 is 14.6 Å².